The minimum Gasteiger partial charge on any atom is -0.371 e. The van der Waals surface area contributed by atoms with E-state index in [9.17, 15) is 4.39 Å². The lowest BCUT2D eigenvalue weighted by Gasteiger charge is -2.29. The van der Waals surface area contributed by atoms with Gasteiger partial charge in [0, 0.05) is 24.8 Å². The second-order valence-electron chi connectivity index (χ2n) is 6.27. The Balaban J connectivity index is 2.21. The Bertz CT molecular complexity index is 443. The van der Waals surface area contributed by atoms with Crippen LogP contribution in [-0.4, -0.2) is 19.6 Å². The summed E-state index contributed by atoms with van der Waals surface area (Å²) in [5.74, 6) is 0.704. The van der Waals surface area contributed by atoms with Crippen molar-refractivity contribution in [2.24, 2.45) is 5.92 Å². The van der Waals surface area contributed by atoms with Crippen LogP contribution in [-0.2, 0) is 0 Å². The van der Waals surface area contributed by atoms with Crippen LogP contribution in [0.25, 0.3) is 0 Å². The zero-order chi connectivity index (χ0) is 15.2. The van der Waals surface area contributed by atoms with Crippen LogP contribution in [0.5, 0.6) is 0 Å². The fraction of sp³-hybridized carbons (Fsp3) is 0.667. The standard InChI is InChI=1S/C18H29FN2/c1-4-10-20-14(3)17-12-16(19)8-9-18(17)21(11-5-2)13-15-6-7-15/h8-9,12,14-15,20H,4-7,10-11,13H2,1-3H3. The minimum absolute atomic E-state index is 0.137. The number of rotatable bonds is 9. The first-order valence-corrected chi connectivity index (χ1v) is 8.43. The Hall–Kier alpha value is -1.09. The van der Waals surface area contributed by atoms with E-state index in [1.807, 2.05) is 6.07 Å². The molecule has 0 saturated heterocycles. The topological polar surface area (TPSA) is 15.3 Å². The lowest BCUT2D eigenvalue weighted by atomic mass is 10.0. The fourth-order valence-corrected chi connectivity index (χ4v) is 2.82. The molecule has 0 heterocycles. The predicted octanol–water partition coefficient (Wildman–Crippen LogP) is 4.51. The first-order valence-electron chi connectivity index (χ1n) is 8.43. The molecular weight excluding hydrogens is 263 g/mol. The monoisotopic (exact) mass is 292 g/mol. The van der Waals surface area contributed by atoms with Gasteiger partial charge in [-0.1, -0.05) is 13.8 Å². The lowest BCUT2D eigenvalue weighted by Crippen LogP contribution is -2.29. The highest BCUT2D eigenvalue weighted by Gasteiger charge is 2.25. The van der Waals surface area contributed by atoms with Gasteiger partial charge in [0.25, 0.3) is 0 Å². The first-order chi connectivity index (χ1) is 10.2. The van der Waals surface area contributed by atoms with E-state index >= 15 is 0 Å². The average Bonchev–Trinajstić information content (AvgIpc) is 3.28. The van der Waals surface area contributed by atoms with Crippen LogP contribution in [0.3, 0.4) is 0 Å². The molecule has 0 radical (unpaired) electrons. The molecule has 0 aliphatic heterocycles. The Morgan fingerprint density at radius 1 is 1.29 bits per heavy atom. The third-order valence-corrected chi connectivity index (χ3v) is 4.17. The van der Waals surface area contributed by atoms with E-state index in [1.165, 1.54) is 18.5 Å². The van der Waals surface area contributed by atoms with Crippen LogP contribution in [0.1, 0.15) is 58.1 Å². The molecule has 2 rings (SSSR count). The molecular formula is C18H29FN2. The SMILES string of the molecule is CCCNC(C)c1cc(F)ccc1N(CCC)CC1CC1. The Labute approximate surface area is 128 Å². The van der Waals surface area contributed by atoms with Gasteiger partial charge in [-0.3, -0.25) is 0 Å². The number of nitrogens with one attached hydrogen (secondary N) is 1. The van der Waals surface area contributed by atoms with Gasteiger partial charge >= 0.3 is 0 Å². The van der Waals surface area contributed by atoms with Gasteiger partial charge in [-0.25, -0.2) is 4.39 Å². The van der Waals surface area contributed by atoms with Crippen LogP contribution in [0.4, 0.5) is 10.1 Å². The average molecular weight is 292 g/mol. The molecule has 0 aromatic heterocycles. The predicted molar refractivity (Wildman–Crippen MR) is 88.3 cm³/mol. The maximum absolute atomic E-state index is 13.7. The van der Waals surface area contributed by atoms with Gasteiger partial charge in [0.15, 0.2) is 0 Å². The third-order valence-electron chi connectivity index (χ3n) is 4.17. The zero-order valence-corrected chi connectivity index (χ0v) is 13.7. The highest BCUT2D eigenvalue weighted by Crippen LogP contribution is 2.34. The lowest BCUT2D eigenvalue weighted by molar-refractivity contribution is 0.559. The molecule has 1 N–H and O–H groups in total. The van der Waals surface area contributed by atoms with E-state index in [0.717, 1.165) is 44.0 Å². The maximum Gasteiger partial charge on any atom is 0.123 e. The number of nitrogens with zero attached hydrogens (tertiary/aromatic N) is 1. The zero-order valence-electron chi connectivity index (χ0n) is 13.7. The van der Waals surface area contributed by atoms with Crippen LogP contribution in [0, 0.1) is 11.7 Å². The summed E-state index contributed by atoms with van der Waals surface area (Å²) in [6, 6.07) is 5.46. The van der Waals surface area contributed by atoms with Gasteiger partial charge in [0.05, 0.1) is 0 Å². The second kappa shape index (κ2) is 7.79. The number of anilines is 1. The third kappa shape index (κ3) is 4.70. The van der Waals surface area contributed by atoms with Crippen molar-refractivity contribution in [1.29, 1.82) is 0 Å². The molecule has 0 spiro atoms. The van der Waals surface area contributed by atoms with E-state index in [0.29, 0.717) is 0 Å². The summed E-state index contributed by atoms with van der Waals surface area (Å²) in [6.45, 7) is 9.63. The van der Waals surface area contributed by atoms with Crippen LogP contribution >= 0.6 is 0 Å². The van der Waals surface area contributed by atoms with E-state index in [-0.39, 0.29) is 11.9 Å². The van der Waals surface area contributed by atoms with E-state index in [1.54, 1.807) is 12.1 Å². The van der Waals surface area contributed by atoms with Crippen molar-refractivity contribution in [3.05, 3.63) is 29.6 Å². The van der Waals surface area contributed by atoms with Crippen molar-refractivity contribution in [3.8, 4) is 0 Å². The molecule has 118 valence electrons. The summed E-state index contributed by atoms with van der Waals surface area (Å²) >= 11 is 0. The molecule has 3 heteroatoms. The quantitative estimate of drug-likeness (QED) is 0.720. The molecule has 1 saturated carbocycles. The number of halogens is 1. The van der Waals surface area contributed by atoms with Crippen LogP contribution in [0.2, 0.25) is 0 Å². The van der Waals surface area contributed by atoms with Crippen molar-refractivity contribution < 1.29 is 4.39 Å². The second-order valence-corrected chi connectivity index (χ2v) is 6.27. The summed E-state index contributed by atoms with van der Waals surface area (Å²) in [5.41, 5.74) is 2.30. The fourth-order valence-electron chi connectivity index (χ4n) is 2.82. The van der Waals surface area contributed by atoms with Gasteiger partial charge in [0.1, 0.15) is 5.82 Å². The molecule has 1 aromatic carbocycles. The highest BCUT2D eigenvalue weighted by molar-refractivity contribution is 5.55. The van der Waals surface area contributed by atoms with Gasteiger partial charge in [0.2, 0.25) is 0 Å². The number of benzene rings is 1. The van der Waals surface area contributed by atoms with Gasteiger partial charge in [-0.05, 0) is 68.8 Å². The number of hydrogen-bond donors (Lipinski definition) is 1. The van der Waals surface area contributed by atoms with Crippen molar-refractivity contribution in [2.75, 3.05) is 24.5 Å². The molecule has 1 unspecified atom stereocenters. The molecule has 0 amide bonds. The summed E-state index contributed by atoms with van der Waals surface area (Å²) in [5, 5.41) is 3.49. The summed E-state index contributed by atoms with van der Waals surface area (Å²) in [4.78, 5) is 2.45. The van der Waals surface area contributed by atoms with Crippen molar-refractivity contribution in [2.45, 2.75) is 52.5 Å². The molecule has 1 fully saturated rings. The molecule has 1 aromatic rings. The number of hydrogen-bond acceptors (Lipinski definition) is 2. The van der Waals surface area contributed by atoms with Crippen LogP contribution < -0.4 is 10.2 Å². The van der Waals surface area contributed by atoms with E-state index in [2.05, 4.69) is 31.0 Å². The molecule has 0 bridgehead atoms. The van der Waals surface area contributed by atoms with Crippen LogP contribution in [0.15, 0.2) is 18.2 Å². The first kappa shape index (κ1) is 16.3. The highest BCUT2D eigenvalue weighted by atomic mass is 19.1. The van der Waals surface area contributed by atoms with Gasteiger partial charge in [-0.15, -0.1) is 0 Å². The van der Waals surface area contributed by atoms with Gasteiger partial charge < -0.3 is 10.2 Å². The summed E-state index contributed by atoms with van der Waals surface area (Å²) in [7, 11) is 0. The Kier molecular flexibility index (Phi) is 6.04. The molecule has 1 aliphatic rings. The van der Waals surface area contributed by atoms with Crippen molar-refractivity contribution in [1.82, 2.24) is 5.32 Å². The normalized spacial score (nSPS) is 16.0. The summed E-state index contributed by atoms with van der Waals surface area (Å²) < 4.78 is 13.7. The minimum atomic E-state index is -0.137. The maximum atomic E-state index is 13.7. The van der Waals surface area contributed by atoms with Crippen molar-refractivity contribution in [3.63, 3.8) is 0 Å². The Morgan fingerprint density at radius 2 is 2.05 bits per heavy atom. The summed E-state index contributed by atoms with van der Waals surface area (Å²) in [6.07, 6.45) is 4.91. The molecule has 2 nitrogen and oxygen atoms in total. The molecule has 1 atom stereocenters. The largest absolute Gasteiger partial charge is 0.371 e. The van der Waals surface area contributed by atoms with Gasteiger partial charge in [-0.2, -0.15) is 0 Å². The molecule has 1 aliphatic carbocycles. The van der Waals surface area contributed by atoms with Crippen molar-refractivity contribution >= 4 is 5.69 Å². The molecule has 21 heavy (non-hydrogen) atoms. The van der Waals surface area contributed by atoms with E-state index < -0.39 is 0 Å². The Morgan fingerprint density at radius 3 is 2.67 bits per heavy atom. The smallest absolute Gasteiger partial charge is 0.123 e. The van der Waals surface area contributed by atoms with E-state index in [4.69, 9.17) is 0 Å².